The molecule has 2 rings (SSSR count). The van der Waals surface area contributed by atoms with Gasteiger partial charge in [-0.1, -0.05) is 54.4 Å². The molecule has 4 nitrogen and oxygen atoms in total. The molecule has 0 aliphatic carbocycles. The molecule has 2 aromatic carbocycles. The smallest absolute Gasteiger partial charge is 0.307 e. The summed E-state index contributed by atoms with van der Waals surface area (Å²) < 4.78 is 0. The molecule has 0 saturated heterocycles. The van der Waals surface area contributed by atoms with E-state index >= 15 is 0 Å². The molecule has 0 aliphatic heterocycles. The van der Waals surface area contributed by atoms with Gasteiger partial charge in [0.1, 0.15) is 0 Å². The van der Waals surface area contributed by atoms with E-state index in [9.17, 15) is 14.7 Å². The van der Waals surface area contributed by atoms with Gasteiger partial charge in [0, 0.05) is 5.69 Å². The van der Waals surface area contributed by atoms with Crippen molar-refractivity contribution in [2.45, 2.75) is 27.2 Å². The highest BCUT2D eigenvalue weighted by molar-refractivity contribution is 5.95. The van der Waals surface area contributed by atoms with Crippen LogP contribution in [0.1, 0.15) is 23.6 Å². The number of aliphatic carboxylic acids is 1. The summed E-state index contributed by atoms with van der Waals surface area (Å²) in [4.78, 5) is 24.1. The van der Waals surface area contributed by atoms with Crippen molar-refractivity contribution in [2.75, 3.05) is 5.32 Å². The molecule has 2 atom stereocenters. The molecule has 0 heterocycles. The van der Waals surface area contributed by atoms with E-state index < -0.39 is 17.8 Å². The van der Waals surface area contributed by atoms with Crippen LogP contribution in [0.3, 0.4) is 0 Å². The number of benzene rings is 2. The molecular weight excluding hydrogens is 302 g/mol. The summed E-state index contributed by atoms with van der Waals surface area (Å²) in [6.07, 6.45) is 0.397. The van der Waals surface area contributed by atoms with E-state index in [0.717, 1.165) is 16.7 Å². The standard InChI is InChI=1S/C20H23NO3/c1-13-9-14(2)11-16(10-13)12-18(15(3)20(23)24)19(22)21-17-7-5-4-6-8-17/h4-11,15,18H,12H2,1-3H3,(H,21,22)(H,23,24)/t15-,18-/m1/s1. The van der Waals surface area contributed by atoms with E-state index in [1.807, 2.05) is 44.2 Å². The Balaban J connectivity index is 2.24. The molecule has 126 valence electrons. The van der Waals surface area contributed by atoms with Crippen LogP contribution in [-0.4, -0.2) is 17.0 Å². The predicted octanol–water partition coefficient (Wildman–Crippen LogP) is 3.82. The first-order valence-corrected chi connectivity index (χ1v) is 8.02. The first-order chi connectivity index (χ1) is 11.4. The summed E-state index contributed by atoms with van der Waals surface area (Å²) in [6.45, 7) is 5.58. The molecule has 24 heavy (non-hydrogen) atoms. The Bertz CT molecular complexity index is 705. The fourth-order valence-electron chi connectivity index (χ4n) is 2.87. The highest BCUT2D eigenvalue weighted by atomic mass is 16.4. The van der Waals surface area contributed by atoms with E-state index in [0.29, 0.717) is 12.1 Å². The quantitative estimate of drug-likeness (QED) is 0.848. The molecule has 4 heteroatoms. The minimum atomic E-state index is -0.965. The number of hydrogen-bond donors (Lipinski definition) is 2. The van der Waals surface area contributed by atoms with Crippen LogP contribution in [0.5, 0.6) is 0 Å². The van der Waals surface area contributed by atoms with Crippen molar-refractivity contribution >= 4 is 17.6 Å². The fraction of sp³-hybridized carbons (Fsp3) is 0.300. The van der Waals surface area contributed by atoms with Crippen molar-refractivity contribution in [2.24, 2.45) is 11.8 Å². The second-order valence-corrected chi connectivity index (χ2v) is 6.29. The number of carbonyl (C=O) groups excluding carboxylic acids is 1. The van der Waals surface area contributed by atoms with Gasteiger partial charge in [-0.3, -0.25) is 9.59 Å². The molecule has 0 unspecified atom stereocenters. The van der Waals surface area contributed by atoms with Crippen LogP contribution in [0.15, 0.2) is 48.5 Å². The average Bonchev–Trinajstić information content (AvgIpc) is 2.51. The maximum Gasteiger partial charge on any atom is 0.307 e. The molecule has 0 aliphatic rings. The zero-order valence-electron chi connectivity index (χ0n) is 14.2. The Morgan fingerprint density at radius 2 is 1.62 bits per heavy atom. The summed E-state index contributed by atoms with van der Waals surface area (Å²) >= 11 is 0. The van der Waals surface area contributed by atoms with Crippen molar-refractivity contribution < 1.29 is 14.7 Å². The minimum absolute atomic E-state index is 0.268. The molecule has 1 amide bonds. The SMILES string of the molecule is Cc1cc(C)cc(C[C@@H](C(=O)Nc2ccccc2)[C@@H](C)C(=O)O)c1. The number of carbonyl (C=O) groups is 2. The maximum atomic E-state index is 12.7. The normalized spacial score (nSPS) is 13.1. The molecule has 0 radical (unpaired) electrons. The van der Waals surface area contributed by atoms with E-state index in [1.54, 1.807) is 19.1 Å². The summed E-state index contributed by atoms with van der Waals surface area (Å²) in [6, 6.07) is 15.2. The van der Waals surface area contributed by atoms with Crippen LogP contribution in [0.2, 0.25) is 0 Å². The van der Waals surface area contributed by atoms with Crippen molar-refractivity contribution in [3.63, 3.8) is 0 Å². The van der Waals surface area contributed by atoms with Crippen molar-refractivity contribution in [3.8, 4) is 0 Å². The lowest BCUT2D eigenvalue weighted by Gasteiger charge is -2.21. The first kappa shape index (κ1) is 17.7. The fourth-order valence-corrected chi connectivity index (χ4v) is 2.87. The van der Waals surface area contributed by atoms with Crippen LogP contribution in [0.4, 0.5) is 5.69 Å². The van der Waals surface area contributed by atoms with Crippen LogP contribution >= 0.6 is 0 Å². The van der Waals surface area contributed by atoms with Gasteiger partial charge in [0.15, 0.2) is 0 Å². The van der Waals surface area contributed by atoms with Crippen molar-refractivity contribution in [3.05, 3.63) is 65.2 Å². The molecule has 2 N–H and O–H groups in total. The van der Waals surface area contributed by atoms with Crippen LogP contribution in [0.25, 0.3) is 0 Å². The summed E-state index contributed by atoms with van der Waals surface area (Å²) in [7, 11) is 0. The van der Waals surface area contributed by atoms with Gasteiger partial charge < -0.3 is 10.4 Å². The largest absolute Gasteiger partial charge is 0.481 e. The Hall–Kier alpha value is -2.62. The third kappa shape index (κ3) is 4.69. The van der Waals surface area contributed by atoms with Gasteiger partial charge in [-0.25, -0.2) is 0 Å². The number of nitrogens with one attached hydrogen (secondary N) is 1. The summed E-state index contributed by atoms with van der Waals surface area (Å²) in [5, 5.41) is 12.2. The molecule has 0 aromatic heterocycles. The second-order valence-electron chi connectivity index (χ2n) is 6.29. The number of rotatable bonds is 6. The number of anilines is 1. The van der Waals surface area contributed by atoms with Gasteiger partial charge in [-0.2, -0.15) is 0 Å². The summed E-state index contributed by atoms with van der Waals surface area (Å²) in [5.41, 5.74) is 3.87. The second kappa shape index (κ2) is 7.77. The lowest BCUT2D eigenvalue weighted by Crippen LogP contribution is -2.33. The van der Waals surface area contributed by atoms with Crippen LogP contribution < -0.4 is 5.32 Å². The Labute approximate surface area is 142 Å². The van der Waals surface area contributed by atoms with Crippen molar-refractivity contribution in [1.82, 2.24) is 0 Å². The Kier molecular flexibility index (Phi) is 5.74. The first-order valence-electron chi connectivity index (χ1n) is 8.02. The minimum Gasteiger partial charge on any atom is -0.481 e. The summed E-state index contributed by atoms with van der Waals surface area (Å²) in [5.74, 6) is -2.64. The number of amides is 1. The average molecular weight is 325 g/mol. The lowest BCUT2D eigenvalue weighted by atomic mass is 9.86. The molecule has 0 fully saturated rings. The Morgan fingerprint density at radius 3 is 2.17 bits per heavy atom. The van der Waals surface area contributed by atoms with Gasteiger partial charge in [0.2, 0.25) is 5.91 Å². The zero-order valence-corrected chi connectivity index (χ0v) is 14.2. The maximum absolute atomic E-state index is 12.7. The Morgan fingerprint density at radius 1 is 1.04 bits per heavy atom. The molecule has 0 spiro atoms. The molecule has 2 aromatic rings. The van der Waals surface area contributed by atoms with E-state index in [4.69, 9.17) is 0 Å². The van der Waals surface area contributed by atoms with Gasteiger partial charge in [-0.15, -0.1) is 0 Å². The third-order valence-corrected chi connectivity index (χ3v) is 4.11. The van der Waals surface area contributed by atoms with Crippen molar-refractivity contribution in [1.29, 1.82) is 0 Å². The number of carboxylic acids is 1. The number of para-hydroxylation sites is 1. The monoisotopic (exact) mass is 325 g/mol. The van der Waals surface area contributed by atoms with Crippen LogP contribution in [-0.2, 0) is 16.0 Å². The molecule has 0 bridgehead atoms. The predicted molar refractivity (Wildman–Crippen MR) is 95.0 cm³/mol. The van der Waals surface area contributed by atoms with Gasteiger partial charge in [0.25, 0.3) is 0 Å². The topological polar surface area (TPSA) is 66.4 Å². The molecule has 0 saturated carbocycles. The number of aryl methyl sites for hydroxylation is 2. The number of carboxylic acid groups (broad SMARTS) is 1. The van der Waals surface area contributed by atoms with E-state index in [-0.39, 0.29) is 5.91 Å². The lowest BCUT2D eigenvalue weighted by molar-refractivity contribution is -0.145. The van der Waals surface area contributed by atoms with Gasteiger partial charge >= 0.3 is 5.97 Å². The van der Waals surface area contributed by atoms with Gasteiger partial charge in [0.05, 0.1) is 11.8 Å². The zero-order chi connectivity index (χ0) is 17.7. The van der Waals surface area contributed by atoms with E-state index in [2.05, 4.69) is 11.4 Å². The third-order valence-electron chi connectivity index (χ3n) is 4.11. The van der Waals surface area contributed by atoms with Crippen LogP contribution in [0, 0.1) is 25.7 Å². The highest BCUT2D eigenvalue weighted by Crippen LogP contribution is 2.22. The highest BCUT2D eigenvalue weighted by Gasteiger charge is 2.30. The molecular formula is C20H23NO3. The number of hydrogen-bond acceptors (Lipinski definition) is 2. The van der Waals surface area contributed by atoms with Gasteiger partial charge in [-0.05, 0) is 38.0 Å². The van der Waals surface area contributed by atoms with E-state index in [1.165, 1.54) is 0 Å².